The van der Waals surface area contributed by atoms with Gasteiger partial charge in [-0.1, -0.05) is 22.9 Å². The topological polar surface area (TPSA) is 28.6 Å². The van der Waals surface area contributed by atoms with Gasteiger partial charge in [0.25, 0.3) is 0 Å². The summed E-state index contributed by atoms with van der Waals surface area (Å²) in [5, 5.41) is 1.90. The van der Waals surface area contributed by atoms with E-state index in [2.05, 4.69) is 9.80 Å². The highest BCUT2D eigenvalue weighted by molar-refractivity contribution is 7.22. The molecule has 2 fully saturated rings. The maximum atomic E-state index is 6.03. The van der Waals surface area contributed by atoms with Gasteiger partial charge in [0.05, 0.1) is 23.4 Å². The molecule has 0 amide bonds. The van der Waals surface area contributed by atoms with E-state index in [1.807, 2.05) is 18.2 Å². The normalized spacial score (nSPS) is 21.4. The zero-order chi connectivity index (χ0) is 13.5. The molecule has 1 aromatic heterocycles. The first-order chi connectivity index (χ1) is 9.79. The number of hydrogen-bond donors (Lipinski definition) is 0. The second kappa shape index (κ2) is 5.15. The lowest BCUT2D eigenvalue weighted by atomic mass is 10.1. The minimum absolute atomic E-state index is 0.662. The third-order valence-electron chi connectivity index (χ3n) is 4.03. The SMILES string of the molecule is Clc1ccc2nc(N3CC(N4CCOCC4)C3)sc2c1. The molecule has 2 aliphatic heterocycles. The van der Waals surface area contributed by atoms with Crippen LogP contribution in [0.15, 0.2) is 18.2 Å². The van der Waals surface area contributed by atoms with Crippen LogP contribution in [0.5, 0.6) is 0 Å². The zero-order valence-corrected chi connectivity index (χ0v) is 12.7. The summed E-state index contributed by atoms with van der Waals surface area (Å²) in [6.07, 6.45) is 0. The van der Waals surface area contributed by atoms with Gasteiger partial charge in [0.15, 0.2) is 5.13 Å². The van der Waals surface area contributed by atoms with E-state index in [4.69, 9.17) is 21.3 Å². The summed E-state index contributed by atoms with van der Waals surface area (Å²) >= 11 is 7.76. The monoisotopic (exact) mass is 309 g/mol. The number of halogens is 1. The Morgan fingerprint density at radius 1 is 1.25 bits per heavy atom. The highest BCUT2D eigenvalue weighted by atomic mass is 35.5. The summed E-state index contributed by atoms with van der Waals surface area (Å²) < 4.78 is 6.57. The van der Waals surface area contributed by atoms with Crippen molar-refractivity contribution in [1.29, 1.82) is 0 Å². The van der Waals surface area contributed by atoms with Crippen LogP contribution in [0, 0.1) is 0 Å². The summed E-state index contributed by atoms with van der Waals surface area (Å²) in [5.74, 6) is 0. The standard InChI is InChI=1S/C14H16ClN3OS/c15-10-1-2-12-13(7-10)20-14(16-12)18-8-11(9-18)17-3-5-19-6-4-17/h1-2,7,11H,3-6,8-9H2. The van der Waals surface area contributed by atoms with E-state index in [0.29, 0.717) is 6.04 Å². The minimum Gasteiger partial charge on any atom is -0.379 e. The van der Waals surface area contributed by atoms with Gasteiger partial charge in [-0.3, -0.25) is 4.90 Å². The van der Waals surface area contributed by atoms with Gasteiger partial charge in [-0.25, -0.2) is 4.98 Å². The van der Waals surface area contributed by atoms with Crippen molar-refractivity contribution in [1.82, 2.24) is 9.88 Å². The average molecular weight is 310 g/mol. The van der Waals surface area contributed by atoms with Gasteiger partial charge in [0.1, 0.15) is 0 Å². The second-order valence-electron chi connectivity index (χ2n) is 5.32. The predicted molar refractivity (Wildman–Crippen MR) is 83.0 cm³/mol. The maximum Gasteiger partial charge on any atom is 0.186 e. The molecule has 4 rings (SSSR count). The molecule has 0 radical (unpaired) electrons. The van der Waals surface area contributed by atoms with E-state index in [1.165, 1.54) is 4.70 Å². The van der Waals surface area contributed by atoms with Crippen molar-refractivity contribution in [2.24, 2.45) is 0 Å². The smallest absolute Gasteiger partial charge is 0.186 e. The largest absolute Gasteiger partial charge is 0.379 e. The number of rotatable bonds is 2. The van der Waals surface area contributed by atoms with Gasteiger partial charge in [-0.05, 0) is 18.2 Å². The predicted octanol–water partition coefficient (Wildman–Crippen LogP) is 2.47. The third kappa shape index (κ3) is 2.29. The molecule has 1 aromatic carbocycles. The first-order valence-electron chi connectivity index (χ1n) is 6.92. The highest BCUT2D eigenvalue weighted by Crippen LogP contribution is 2.33. The fraction of sp³-hybridized carbons (Fsp3) is 0.500. The van der Waals surface area contributed by atoms with Crippen molar-refractivity contribution in [3.05, 3.63) is 23.2 Å². The van der Waals surface area contributed by atoms with Crippen LogP contribution in [-0.2, 0) is 4.74 Å². The summed E-state index contributed by atoms with van der Waals surface area (Å²) in [7, 11) is 0. The molecule has 0 saturated carbocycles. The fourth-order valence-corrected chi connectivity index (χ4v) is 4.07. The Hall–Kier alpha value is -0.880. The molecule has 0 bridgehead atoms. The molecule has 0 spiro atoms. The molecule has 0 aliphatic carbocycles. The van der Waals surface area contributed by atoms with Gasteiger partial charge in [-0.2, -0.15) is 0 Å². The molecule has 6 heteroatoms. The van der Waals surface area contributed by atoms with Crippen LogP contribution in [0.1, 0.15) is 0 Å². The molecular weight excluding hydrogens is 294 g/mol. The van der Waals surface area contributed by atoms with Crippen LogP contribution in [0.25, 0.3) is 10.2 Å². The van der Waals surface area contributed by atoms with Crippen LogP contribution in [0.4, 0.5) is 5.13 Å². The Kier molecular flexibility index (Phi) is 3.30. The van der Waals surface area contributed by atoms with Gasteiger partial charge < -0.3 is 9.64 Å². The van der Waals surface area contributed by atoms with E-state index in [9.17, 15) is 0 Å². The molecule has 20 heavy (non-hydrogen) atoms. The van der Waals surface area contributed by atoms with E-state index in [0.717, 1.165) is 55.1 Å². The van der Waals surface area contributed by atoms with Crippen LogP contribution in [0.3, 0.4) is 0 Å². The van der Waals surface area contributed by atoms with Gasteiger partial charge in [0, 0.05) is 37.2 Å². The molecule has 2 saturated heterocycles. The Morgan fingerprint density at radius 3 is 2.85 bits per heavy atom. The maximum absolute atomic E-state index is 6.03. The molecule has 2 aromatic rings. The fourth-order valence-electron chi connectivity index (χ4n) is 2.81. The first kappa shape index (κ1) is 12.8. The van der Waals surface area contributed by atoms with Crippen molar-refractivity contribution in [2.45, 2.75) is 6.04 Å². The molecule has 0 unspecified atom stereocenters. The van der Waals surface area contributed by atoms with Gasteiger partial charge >= 0.3 is 0 Å². The van der Waals surface area contributed by atoms with Gasteiger partial charge in [-0.15, -0.1) is 0 Å². The molecular formula is C14H16ClN3OS. The Balaban J connectivity index is 1.46. The number of nitrogens with zero attached hydrogens (tertiary/aromatic N) is 3. The number of aromatic nitrogens is 1. The van der Waals surface area contributed by atoms with Gasteiger partial charge in [0.2, 0.25) is 0 Å². The van der Waals surface area contributed by atoms with Crippen molar-refractivity contribution in [2.75, 3.05) is 44.3 Å². The molecule has 106 valence electrons. The van der Waals surface area contributed by atoms with Crippen molar-refractivity contribution in [3.63, 3.8) is 0 Å². The first-order valence-corrected chi connectivity index (χ1v) is 8.12. The van der Waals surface area contributed by atoms with E-state index in [1.54, 1.807) is 11.3 Å². The molecule has 2 aliphatic rings. The van der Waals surface area contributed by atoms with Crippen LogP contribution >= 0.6 is 22.9 Å². The van der Waals surface area contributed by atoms with Crippen molar-refractivity contribution in [3.8, 4) is 0 Å². The quantitative estimate of drug-likeness (QED) is 0.852. The summed E-state index contributed by atoms with van der Waals surface area (Å²) in [6, 6.07) is 6.56. The lowest BCUT2D eigenvalue weighted by Crippen LogP contribution is -2.61. The molecule has 0 N–H and O–H groups in total. The van der Waals surface area contributed by atoms with Crippen LogP contribution in [-0.4, -0.2) is 55.3 Å². The highest BCUT2D eigenvalue weighted by Gasteiger charge is 2.34. The number of anilines is 1. The summed E-state index contributed by atoms with van der Waals surface area (Å²) in [6.45, 7) is 6.02. The Morgan fingerprint density at radius 2 is 2.05 bits per heavy atom. The Bertz CT molecular complexity index is 620. The number of ether oxygens (including phenoxy) is 1. The Labute approximate surface area is 126 Å². The minimum atomic E-state index is 0.662. The van der Waals surface area contributed by atoms with E-state index < -0.39 is 0 Å². The van der Waals surface area contributed by atoms with Crippen molar-refractivity contribution < 1.29 is 4.74 Å². The molecule has 4 nitrogen and oxygen atoms in total. The number of hydrogen-bond acceptors (Lipinski definition) is 5. The number of thiazole rings is 1. The summed E-state index contributed by atoms with van der Waals surface area (Å²) in [5.41, 5.74) is 1.05. The van der Waals surface area contributed by atoms with E-state index in [-0.39, 0.29) is 0 Å². The van der Waals surface area contributed by atoms with E-state index >= 15 is 0 Å². The van der Waals surface area contributed by atoms with Crippen LogP contribution < -0.4 is 4.90 Å². The third-order valence-corrected chi connectivity index (χ3v) is 5.35. The molecule has 0 atom stereocenters. The average Bonchev–Trinajstić information content (AvgIpc) is 2.80. The van der Waals surface area contributed by atoms with Crippen LogP contribution in [0.2, 0.25) is 5.02 Å². The molecule has 3 heterocycles. The van der Waals surface area contributed by atoms with Crippen molar-refractivity contribution >= 4 is 38.3 Å². The zero-order valence-electron chi connectivity index (χ0n) is 11.1. The lowest BCUT2D eigenvalue weighted by Gasteiger charge is -2.46. The second-order valence-corrected chi connectivity index (χ2v) is 6.76. The number of morpholine rings is 1. The number of benzene rings is 1. The number of fused-ring (bicyclic) bond motifs is 1. The summed E-state index contributed by atoms with van der Waals surface area (Å²) in [4.78, 5) is 9.59. The lowest BCUT2D eigenvalue weighted by molar-refractivity contribution is 0.0105.